The molecule has 3 rings (SSSR count). The maximum Gasteiger partial charge on any atom is 0.258 e. The van der Waals surface area contributed by atoms with Gasteiger partial charge in [0.05, 0.1) is 25.8 Å². The van der Waals surface area contributed by atoms with Crippen LogP contribution in [-0.4, -0.2) is 43.2 Å². The summed E-state index contributed by atoms with van der Waals surface area (Å²) in [5, 5.41) is 0.927. The Bertz CT molecular complexity index is 1040. The van der Waals surface area contributed by atoms with Gasteiger partial charge in [-0.1, -0.05) is 24.3 Å². The standard InChI is InChI=1S/C22H24N2O4/c1-15-8-9-16-13-17(21(25)23-19(16)12-15)14-24(10-11-27-2)22(26)18-6-4-5-7-20(18)28-3/h4-9,12-13H,10-11,14H2,1-3H3,(H,23,25). The third-order valence-electron chi connectivity index (χ3n) is 4.63. The van der Waals surface area contributed by atoms with E-state index < -0.39 is 0 Å². The number of aromatic amines is 1. The van der Waals surface area contributed by atoms with Gasteiger partial charge in [-0.25, -0.2) is 0 Å². The number of rotatable bonds is 7. The normalized spacial score (nSPS) is 10.8. The molecule has 1 heterocycles. The number of amides is 1. The van der Waals surface area contributed by atoms with Crippen molar-refractivity contribution in [1.82, 2.24) is 9.88 Å². The number of hydrogen-bond acceptors (Lipinski definition) is 4. The van der Waals surface area contributed by atoms with E-state index in [9.17, 15) is 9.59 Å². The van der Waals surface area contributed by atoms with Crippen LogP contribution in [0, 0.1) is 6.92 Å². The molecule has 0 spiro atoms. The highest BCUT2D eigenvalue weighted by molar-refractivity contribution is 5.97. The summed E-state index contributed by atoms with van der Waals surface area (Å²) < 4.78 is 10.5. The minimum atomic E-state index is -0.210. The van der Waals surface area contributed by atoms with Crippen LogP contribution in [0.3, 0.4) is 0 Å². The lowest BCUT2D eigenvalue weighted by atomic mass is 10.1. The molecule has 28 heavy (non-hydrogen) atoms. The summed E-state index contributed by atoms with van der Waals surface area (Å²) in [6, 6.07) is 14.8. The summed E-state index contributed by atoms with van der Waals surface area (Å²) in [7, 11) is 3.11. The Kier molecular flexibility index (Phi) is 6.11. The van der Waals surface area contributed by atoms with Crippen LogP contribution in [0.5, 0.6) is 5.75 Å². The molecule has 1 N–H and O–H groups in total. The van der Waals surface area contributed by atoms with Crippen LogP contribution in [0.1, 0.15) is 21.5 Å². The van der Waals surface area contributed by atoms with Crippen molar-refractivity contribution in [2.45, 2.75) is 13.5 Å². The van der Waals surface area contributed by atoms with Gasteiger partial charge in [0, 0.05) is 24.7 Å². The summed E-state index contributed by atoms with van der Waals surface area (Å²) >= 11 is 0. The van der Waals surface area contributed by atoms with Gasteiger partial charge in [-0.15, -0.1) is 0 Å². The van der Waals surface area contributed by atoms with Crippen molar-refractivity contribution in [3.05, 3.63) is 75.6 Å². The van der Waals surface area contributed by atoms with Crippen molar-refractivity contribution < 1.29 is 14.3 Å². The monoisotopic (exact) mass is 380 g/mol. The van der Waals surface area contributed by atoms with E-state index in [1.165, 1.54) is 7.11 Å². The van der Waals surface area contributed by atoms with Crippen LogP contribution in [0.25, 0.3) is 10.9 Å². The highest BCUT2D eigenvalue weighted by atomic mass is 16.5. The second-order valence-corrected chi connectivity index (χ2v) is 6.63. The Morgan fingerprint density at radius 3 is 2.64 bits per heavy atom. The second-order valence-electron chi connectivity index (χ2n) is 6.63. The van der Waals surface area contributed by atoms with Crippen molar-refractivity contribution in [2.24, 2.45) is 0 Å². The SMILES string of the molecule is COCCN(Cc1cc2ccc(C)cc2[nH]c1=O)C(=O)c1ccccc1OC. The molecule has 0 saturated carbocycles. The number of carbonyl (C=O) groups excluding carboxylic acids is 1. The van der Waals surface area contributed by atoms with Gasteiger partial charge < -0.3 is 19.4 Å². The Hall–Kier alpha value is -3.12. The number of nitrogens with zero attached hydrogens (tertiary/aromatic N) is 1. The van der Waals surface area contributed by atoms with Gasteiger partial charge in [0.1, 0.15) is 5.75 Å². The van der Waals surface area contributed by atoms with E-state index in [-0.39, 0.29) is 18.0 Å². The number of fused-ring (bicyclic) bond motifs is 1. The molecule has 0 saturated heterocycles. The molecular weight excluding hydrogens is 356 g/mol. The van der Waals surface area contributed by atoms with Gasteiger partial charge >= 0.3 is 0 Å². The Balaban J connectivity index is 1.95. The van der Waals surface area contributed by atoms with Gasteiger partial charge in [-0.2, -0.15) is 0 Å². The first-order chi connectivity index (χ1) is 13.5. The van der Waals surface area contributed by atoms with E-state index in [0.717, 1.165) is 16.5 Å². The Morgan fingerprint density at radius 1 is 1.11 bits per heavy atom. The molecule has 0 atom stereocenters. The Labute approximate surface area is 163 Å². The molecule has 146 valence electrons. The predicted octanol–water partition coefficient (Wildman–Crippen LogP) is 3.13. The molecule has 0 aliphatic heterocycles. The van der Waals surface area contributed by atoms with E-state index in [1.54, 1.807) is 30.2 Å². The molecule has 0 bridgehead atoms. The number of aromatic nitrogens is 1. The van der Waals surface area contributed by atoms with E-state index in [4.69, 9.17) is 9.47 Å². The maximum atomic E-state index is 13.1. The Morgan fingerprint density at radius 2 is 1.89 bits per heavy atom. The minimum Gasteiger partial charge on any atom is -0.496 e. The number of pyridine rings is 1. The van der Waals surface area contributed by atoms with Gasteiger partial charge in [0.15, 0.2) is 0 Å². The molecule has 2 aromatic carbocycles. The first-order valence-electron chi connectivity index (χ1n) is 9.07. The van der Waals surface area contributed by atoms with Gasteiger partial charge in [0.25, 0.3) is 11.5 Å². The molecular formula is C22H24N2O4. The first-order valence-corrected chi connectivity index (χ1v) is 9.07. The molecule has 6 heteroatoms. The van der Waals surface area contributed by atoms with Crippen LogP contribution in [0.2, 0.25) is 0 Å². The molecule has 0 unspecified atom stereocenters. The molecule has 6 nitrogen and oxygen atoms in total. The number of H-pyrrole nitrogens is 1. The fourth-order valence-electron chi connectivity index (χ4n) is 3.13. The molecule has 1 amide bonds. The average Bonchev–Trinajstić information content (AvgIpc) is 2.70. The zero-order valence-corrected chi connectivity index (χ0v) is 16.3. The highest BCUT2D eigenvalue weighted by Crippen LogP contribution is 2.21. The molecule has 0 aliphatic carbocycles. The number of hydrogen-bond donors (Lipinski definition) is 1. The quantitative estimate of drug-likeness (QED) is 0.684. The van der Waals surface area contributed by atoms with Gasteiger partial charge in [-0.05, 0) is 42.1 Å². The van der Waals surface area contributed by atoms with Crippen LogP contribution in [0.4, 0.5) is 0 Å². The molecule has 0 aliphatic rings. The number of benzene rings is 2. The fourth-order valence-corrected chi connectivity index (χ4v) is 3.13. The van der Waals surface area contributed by atoms with Crippen molar-refractivity contribution in [2.75, 3.05) is 27.4 Å². The van der Waals surface area contributed by atoms with E-state index in [2.05, 4.69) is 4.98 Å². The first kappa shape index (κ1) is 19.6. The number of carbonyl (C=O) groups is 1. The topological polar surface area (TPSA) is 71.6 Å². The summed E-state index contributed by atoms with van der Waals surface area (Å²) in [6.07, 6.45) is 0. The van der Waals surface area contributed by atoms with Crippen LogP contribution in [0.15, 0.2) is 53.3 Å². The van der Waals surface area contributed by atoms with Crippen molar-refractivity contribution in [1.29, 1.82) is 0 Å². The van der Waals surface area contributed by atoms with Crippen LogP contribution >= 0.6 is 0 Å². The maximum absolute atomic E-state index is 13.1. The summed E-state index contributed by atoms with van der Waals surface area (Å²) in [5.74, 6) is 0.288. The largest absolute Gasteiger partial charge is 0.496 e. The van der Waals surface area contributed by atoms with Crippen molar-refractivity contribution in [3.8, 4) is 5.75 Å². The number of aryl methyl sites for hydroxylation is 1. The lowest BCUT2D eigenvalue weighted by Gasteiger charge is -2.23. The lowest BCUT2D eigenvalue weighted by Crippen LogP contribution is -2.35. The molecule has 3 aromatic rings. The van der Waals surface area contributed by atoms with Crippen LogP contribution < -0.4 is 10.3 Å². The fraction of sp³-hybridized carbons (Fsp3) is 0.273. The number of methoxy groups -OCH3 is 2. The van der Waals surface area contributed by atoms with Crippen molar-refractivity contribution >= 4 is 16.8 Å². The zero-order chi connectivity index (χ0) is 20.1. The summed E-state index contributed by atoms with van der Waals surface area (Å²) in [5.41, 5.74) is 2.63. The smallest absolute Gasteiger partial charge is 0.258 e. The number of para-hydroxylation sites is 1. The van der Waals surface area contributed by atoms with Crippen molar-refractivity contribution in [3.63, 3.8) is 0 Å². The van der Waals surface area contributed by atoms with E-state index >= 15 is 0 Å². The third kappa shape index (κ3) is 4.23. The average molecular weight is 380 g/mol. The second kappa shape index (κ2) is 8.71. The molecule has 0 radical (unpaired) electrons. The molecule has 1 aromatic heterocycles. The predicted molar refractivity (Wildman–Crippen MR) is 109 cm³/mol. The zero-order valence-electron chi connectivity index (χ0n) is 16.3. The lowest BCUT2D eigenvalue weighted by molar-refractivity contribution is 0.0676. The third-order valence-corrected chi connectivity index (χ3v) is 4.63. The highest BCUT2D eigenvalue weighted by Gasteiger charge is 2.20. The number of nitrogens with one attached hydrogen (secondary N) is 1. The van der Waals surface area contributed by atoms with E-state index in [1.807, 2.05) is 37.3 Å². The number of ether oxygens (including phenoxy) is 2. The summed E-state index contributed by atoms with van der Waals surface area (Å²) in [4.78, 5) is 30.2. The minimum absolute atomic E-state index is 0.180. The van der Waals surface area contributed by atoms with Gasteiger partial charge in [-0.3, -0.25) is 9.59 Å². The van der Waals surface area contributed by atoms with Crippen LogP contribution in [-0.2, 0) is 11.3 Å². The van der Waals surface area contributed by atoms with Gasteiger partial charge in [0.2, 0.25) is 0 Å². The summed E-state index contributed by atoms with van der Waals surface area (Å²) in [6.45, 7) is 2.88. The van der Waals surface area contributed by atoms with E-state index in [0.29, 0.717) is 30.0 Å². The molecule has 0 fully saturated rings.